The van der Waals surface area contributed by atoms with E-state index in [4.69, 9.17) is 11.6 Å². The van der Waals surface area contributed by atoms with Crippen molar-refractivity contribution in [3.63, 3.8) is 0 Å². The Morgan fingerprint density at radius 3 is 2.57 bits per heavy atom. The summed E-state index contributed by atoms with van der Waals surface area (Å²) in [5, 5.41) is 2.02. The first kappa shape index (κ1) is 19.0. The molecule has 0 saturated carbocycles. The van der Waals surface area contributed by atoms with Crippen molar-refractivity contribution in [1.82, 2.24) is 4.72 Å². The van der Waals surface area contributed by atoms with E-state index in [-0.39, 0.29) is 4.90 Å². The second-order valence-corrected chi connectivity index (χ2v) is 9.17. The van der Waals surface area contributed by atoms with Crippen molar-refractivity contribution < 1.29 is 13.2 Å². The number of sulfonamides is 1. The first-order valence-electron chi connectivity index (χ1n) is 9.22. The molecule has 3 aromatic carbocycles. The summed E-state index contributed by atoms with van der Waals surface area (Å²) in [6.07, 6.45) is 1.70. The maximum atomic E-state index is 13.3. The van der Waals surface area contributed by atoms with Crippen LogP contribution in [0.3, 0.4) is 0 Å². The highest BCUT2D eigenvalue weighted by atomic mass is 35.5. The number of benzene rings is 3. The van der Waals surface area contributed by atoms with Crippen LogP contribution in [0.2, 0.25) is 5.02 Å². The SMILES string of the molecule is CCC1(C(=O)NS(=O)(=O)c2cccc3ccccc23)CCc2c(Cl)cccc21. The van der Waals surface area contributed by atoms with Crippen molar-refractivity contribution in [2.75, 3.05) is 0 Å². The third kappa shape index (κ3) is 2.90. The van der Waals surface area contributed by atoms with Crippen molar-refractivity contribution in [2.24, 2.45) is 0 Å². The molecule has 1 aliphatic carbocycles. The Balaban J connectivity index is 1.75. The fraction of sp³-hybridized carbons (Fsp3) is 0.227. The fourth-order valence-corrected chi connectivity index (χ4v) is 5.75. The van der Waals surface area contributed by atoms with E-state index >= 15 is 0 Å². The molecule has 0 bridgehead atoms. The summed E-state index contributed by atoms with van der Waals surface area (Å²) in [6.45, 7) is 1.90. The van der Waals surface area contributed by atoms with Crippen LogP contribution in [0, 0.1) is 0 Å². The van der Waals surface area contributed by atoms with E-state index in [0.29, 0.717) is 29.7 Å². The second-order valence-electron chi connectivity index (χ2n) is 7.11. The van der Waals surface area contributed by atoms with Crippen LogP contribution in [0.25, 0.3) is 10.8 Å². The molecule has 1 amide bonds. The highest BCUT2D eigenvalue weighted by Gasteiger charge is 2.45. The average Bonchev–Trinajstić information content (AvgIpc) is 3.08. The Hall–Kier alpha value is -2.37. The molecule has 4 rings (SSSR count). The molecule has 0 spiro atoms. The third-order valence-corrected chi connectivity index (χ3v) is 7.48. The topological polar surface area (TPSA) is 63.2 Å². The van der Waals surface area contributed by atoms with Crippen LogP contribution in [0.4, 0.5) is 0 Å². The smallest absolute Gasteiger partial charge is 0.264 e. The van der Waals surface area contributed by atoms with Gasteiger partial charge in [0.05, 0.1) is 10.3 Å². The van der Waals surface area contributed by atoms with Crippen molar-refractivity contribution in [1.29, 1.82) is 0 Å². The number of halogens is 1. The van der Waals surface area contributed by atoms with Crippen LogP contribution in [0.15, 0.2) is 65.6 Å². The van der Waals surface area contributed by atoms with Gasteiger partial charge in [-0.25, -0.2) is 13.1 Å². The van der Waals surface area contributed by atoms with Gasteiger partial charge in [-0.1, -0.05) is 67.1 Å². The minimum Gasteiger partial charge on any atom is -0.273 e. The standard InChI is InChI=1S/C22H20ClNO3S/c1-2-22(14-13-17-18(22)10-6-11-19(17)23)21(25)24-28(26,27)20-12-5-8-15-7-3-4-9-16(15)20/h3-12H,2,13-14H2,1H3,(H,24,25). The second kappa shape index (κ2) is 6.90. The average molecular weight is 414 g/mol. The van der Waals surface area contributed by atoms with Crippen LogP contribution >= 0.6 is 11.6 Å². The van der Waals surface area contributed by atoms with Crippen molar-refractivity contribution >= 4 is 38.3 Å². The molecular weight excluding hydrogens is 394 g/mol. The molecule has 0 fully saturated rings. The van der Waals surface area contributed by atoms with Crippen LogP contribution in [0.1, 0.15) is 30.9 Å². The van der Waals surface area contributed by atoms with Gasteiger partial charge < -0.3 is 0 Å². The van der Waals surface area contributed by atoms with Crippen molar-refractivity contribution in [3.8, 4) is 0 Å². The van der Waals surface area contributed by atoms with E-state index in [1.807, 2.05) is 37.3 Å². The van der Waals surface area contributed by atoms with Crippen LogP contribution < -0.4 is 4.72 Å². The number of carbonyl (C=O) groups excluding carboxylic acids is 1. The Bertz CT molecular complexity index is 1180. The summed E-state index contributed by atoms with van der Waals surface area (Å²) in [6, 6.07) is 17.8. The largest absolute Gasteiger partial charge is 0.273 e. The predicted molar refractivity (Wildman–Crippen MR) is 111 cm³/mol. The minimum absolute atomic E-state index is 0.106. The summed E-state index contributed by atoms with van der Waals surface area (Å²) in [5.74, 6) is -0.496. The molecule has 0 aromatic heterocycles. The Morgan fingerprint density at radius 2 is 1.79 bits per heavy atom. The molecule has 3 aromatic rings. The minimum atomic E-state index is -4.02. The predicted octanol–water partition coefficient (Wildman–Crippen LogP) is 4.59. The highest BCUT2D eigenvalue weighted by Crippen LogP contribution is 2.44. The molecule has 28 heavy (non-hydrogen) atoms. The van der Waals surface area contributed by atoms with Gasteiger partial charge in [0.15, 0.2) is 0 Å². The molecule has 1 atom stereocenters. The Kier molecular flexibility index (Phi) is 4.68. The summed E-state index contributed by atoms with van der Waals surface area (Å²) >= 11 is 6.30. The van der Waals surface area contributed by atoms with Crippen LogP contribution in [0.5, 0.6) is 0 Å². The van der Waals surface area contributed by atoms with E-state index in [1.54, 1.807) is 24.3 Å². The molecule has 144 valence electrons. The first-order valence-corrected chi connectivity index (χ1v) is 11.1. The quantitative estimate of drug-likeness (QED) is 0.680. The highest BCUT2D eigenvalue weighted by molar-refractivity contribution is 7.90. The monoisotopic (exact) mass is 413 g/mol. The zero-order chi connectivity index (χ0) is 19.9. The number of rotatable bonds is 4. The van der Waals surface area contributed by atoms with Gasteiger partial charge in [-0.3, -0.25) is 4.79 Å². The lowest BCUT2D eigenvalue weighted by Gasteiger charge is -2.27. The number of amides is 1. The van der Waals surface area contributed by atoms with Gasteiger partial charge in [-0.15, -0.1) is 0 Å². The van der Waals surface area contributed by atoms with Crippen LogP contribution in [-0.4, -0.2) is 14.3 Å². The van der Waals surface area contributed by atoms with E-state index in [1.165, 1.54) is 6.07 Å². The molecule has 0 aliphatic heterocycles. The van der Waals surface area contributed by atoms with E-state index in [0.717, 1.165) is 16.5 Å². The summed E-state index contributed by atoms with van der Waals surface area (Å²) < 4.78 is 28.5. The van der Waals surface area contributed by atoms with E-state index < -0.39 is 21.3 Å². The van der Waals surface area contributed by atoms with Crippen molar-refractivity contribution in [3.05, 3.63) is 76.8 Å². The lowest BCUT2D eigenvalue weighted by Crippen LogP contribution is -2.45. The lowest BCUT2D eigenvalue weighted by molar-refractivity contribution is -0.125. The zero-order valence-electron chi connectivity index (χ0n) is 15.4. The van der Waals surface area contributed by atoms with E-state index in [2.05, 4.69) is 4.72 Å². The van der Waals surface area contributed by atoms with E-state index in [9.17, 15) is 13.2 Å². The third-order valence-electron chi connectivity index (χ3n) is 5.74. The van der Waals surface area contributed by atoms with Gasteiger partial charge in [0, 0.05) is 10.4 Å². The molecule has 0 saturated heterocycles. The molecule has 1 aliphatic rings. The first-order chi connectivity index (χ1) is 13.4. The maximum absolute atomic E-state index is 13.3. The fourth-order valence-electron chi connectivity index (χ4n) is 4.20. The molecule has 4 nitrogen and oxygen atoms in total. The molecule has 1 N–H and O–H groups in total. The molecule has 1 unspecified atom stereocenters. The molecular formula is C22H20ClNO3S. The molecule has 0 heterocycles. The zero-order valence-corrected chi connectivity index (χ0v) is 17.0. The Labute approximate surface area is 169 Å². The molecule has 0 radical (unpaired) electrons. The Morgan fingerprint density at radius 1 is 1.07 bits per heavy atom. The van der Waals surface area contributed by atoms with Crippen LogP contribution in [-0.2, 0) is 26.7 Å². The van der Waals surface area contributed by atoms with Crippen molar-refractivity contribution in [2.45, 2.75) is 36.5 Å². The summed E-state index contributed by atoms with van der Waals surface area (Å²) in [5.41, 5.74) is 0.870. The summed E-state index contributed by atoms with van der Waals surface area (Å²) in [4.78, 5) is 13.4. The number of carbonyl (C=O) groups is 1. The van der Waals surface area contributed by atoms with Gasteiger partial charge in [-0.2, -0.15) is 0 Å². The number of hydrogen-bond donors (Lipinski definition) is 1. The van der Waals surface area contributed by atoms with Gasteiger partial charge >= 0.3 is 0 Å². The van der Waals surface area contributed by atoms with Gasteiger partial charge in [0.2, 0.25) is 5.91 Å². The molecule has 6 heteroatoms. The normalized spacial score (nSPS) is 18.8. The number of fused-ring (bicyclic) bond motifs is 2. The lowest BCUT2D eigenvalue weighted by atomic mass is 9.79. The maximum Gasteiger partial charge on any atom is 0.264 e. The summed E-state index contributed by atoms with van der Waals surface area (Å²) in [7, 11) is -4.02. The van der Waals surface area contributed by atoms with Gasteiger partial charge in [-0.05, 0) is 47.9 Å². The number of nitrogens with one attached hydrogen (secondary N) is 1. The van der Waals surface area contributed by atoms with Gasteiger partial charge in [0.1, 0.15) is 0 Å². The number of hydrogen-bond acceptors (Lipinski definition) is 3. The van der Waals surface area contributed by atoms with Gasteiger partial charge in [0.25, 0.3) is 10.0 Å².